The second kappa shape index (κ2) is 7.17. The summed E-state index contributed by atoms with van der Waals surface area (Å²) in [6, 6.07) is 1.48. The second-order valence-electron chi connectivity index (χ2n) is 6.30. The quantitative estimate of drug-likeness (QED) is 0.799. The van der Waals surface area contributed by atoms with E-state index in [1.165, 1.54) is 13.8 Å². The summed E-state index contributed by atoms with van der Waals surface area (Å²) in [5.41, 5.74) is -1.29. The highest BCUT2D eigenvalue weighted by atomic mass is 35.5. The van der Waals surface area contributed by atoms with Crippen molar-refractivity contribution in [1.82, 2.24) is 5.32 Å². The third-order valence-corrected chi connectivity index (χ3v) is 7.10. The molecular weight excluding hydrogens is 370 g/mol. The van der Waals surface area contributed by atoms with Gasteiger partial charge in [-0.05, 0) is 63.9 Å². The number of sulfone groups is 1. The molecule has 24 heavy (non-hydrogen) atoms. The summed E-state index contributed by atoms with van der Waals surface area (Å²) in [5.74, 6) is -1.41. The number of rotatable bonds is 3. The molecule has 0 unspecified atom stereocenters. The van der Waals surface area contributed by atoms with Crippen molar-refractivity contribution in [2.24, 2.45) is 5.92 Å². The monoisotopic (exact) mass is 389 g/mol. The van der Waals surface area contributed by atoms with Crippen LogP contribution in [0.3, 0.4) is 0 Å². The van der Waals surface area contributed by atoms with E-state index in [0.717, 1.165) is 0 Å². The maximum atomic E-state index is 13.5. The van der Waals surface area contributed by atoms with Crippen LogP contribution in [-0.2, 0) is 16.0 Å². The molecule has 0 atom stereocenters. The molecule has 1 aliphatic rings. The standard InChI is InChI=1S/C15H19F4NO2S.ClH/c1-14(2,10-3-5-20-6-4-10)23(21,22)13-8-11(15(17,18)19)7-12(16)9-13;/h7-10,20H,3-6H2,1-2H3;1H. The first kappa shape index (κ1) is 21.2. The predicted octanol–water partition coefficient (Wildman–Crippen LogP) is 3.82. The summed E-state index contributed by atoms with van der Waals surface area (Å²) in [4.78, 5) is -0.617. The number of halogens is 5. The Kier molecular flexibility index (Phi) is 6.33. The first-order chi connectivity index (χ1) is 10.5. The Morgan fingerprint density at radius 3 is 2.12 bits per heavy atom. The first-order valence-electron chi connectivity index (χ1n) is 7.29. The maximum absolute atomic E-state index is 13.5. The zero-order chi connectivity index (χ0) is 17.5. The minimum atomic E-state index is -4.80. The SMILES string of the molecule is CC(C)(C1CCNCC1)S(=O)(=O)c1cc(F)cc(C(F)(F)F)c1.Cl. The topological polar surface area (TPSA) is 46.2 Å². The fourth-order valence-electron chi connectivity index (χ4n) is 2.92. The van der Waals surface area contributed by atoms with Crippen LogP contribution in [0.15, 0.2) is 23.1 Å². The molecule has 1 N–H and O–H groups in total. The van der Waals surface area contributed by atoms with Crippen molar-refractivity contribution >= 4 is 22.2 Å². The Bertz CT molecular complexity index is 683. The largest absolute Gasteiger partial charge is 0.416 e. The van der Waals surface area contributed by atoms with Crippen molar-refractivity contribution in [2.45, 2.75) is 42.5 Å². The van der Waals surface area contributed by atoms with Crippen molar-refractivity contribution < 1.29 is 26.0 Å². The molecule has 0 spiro atoms. The third kappa shape index (κ3) is 4.03. The zero-order valence-corrected chi connectivity index (χ0v) is 14.9. The molecule has 0 bridgehead atoms. The minimum absolute atomic E-state index is 0. The molecule has 1 aromatic rings. The number of benzene rings is 1. The summed E-state index contributed by atoms with van der Waals surface area (Å²) in [7, 11) is -4.11. The lowest BCUT2D eigenvalue weighted by Crippen LogP contribution is -2.45. The lowest BCUT2D eigenvalue weighted by atomic mass is 9.86. The Morgan fingerprint density at radius 2 is 1.62 bits per heavy atom. The van der Waals surface area contributed by atoms with Crippen LogP contribution in [0.2, 0.25) is 0 Å². The third-order valence-electron chi connectivity index (χ3n) is 4.52. The van der Waals surface area contributed by atoms with Gasteiger partial charge in [-0.3, -0.25) is 0 Å². The van der Waals surface area contributed by atoms with Gasteiger partial charge < -0.3 is 5.32 Å². The highest BCUT2D eigenvalue weighted by Crippen LogP contribution is 2.39. The summed E-state index contributed by atoms with van der Waals surface area (Å²) < 4.78 is 76.4. The highest BCUT2D eigenvalue weighted by molar-refractivity contribution is 7.92. The van der Waals surface area contributed by atoms with E-state index in [0.29, 0.717) is 44.1 Å². The molecule has 9 heteroatoms. The van der Waals surface area contributed by atoms with Gasteiger partial charge in [0.25, 0.3) is 0 Å². The zero-order valence-electron chi connectivity index (χ0n) is 13.3. The predicted molar refractivity (Wildman–Crippen MR) is 85.5 cm³/mol. The number of nitrogens with one attached hydrogen (secondary N) is 1. The van der Waals surface area contributed by atoms with E-state index >= 15 is 0 Å². The van der Waals surface area contributed by atoms with Gasteiger partial charge in [-0.15, -0.1) is 12.4 Å². The molecule has 0 amide bonds. The van der Waals surface area contributed by atoms with Crippen LogP contribution in [0.4, 0.5) is 17.6 Å². The van der Waals surface area contributed by atoms with Crippen LogP contribution in [0.1, 0.15) is 32.3 Å². The molecule has 1 saturated heterocycles. The van der Waals surface area contributed by atoms with Gasteiger partial charge in [-0.25, -0.2) is 12.8 Å². The number of alkyl halides is 3. The highest BCUT2D eigenvalue weighted by Gasteiger charge is 2.44. The molecule has 0 aliphatic carbocycles. The Morgan fingerprint density at radius 1 is 1.08 bits per heavy atom. The average molecular weight is 390 g/mol. The van der Waals surface area contributed by atoms with Crippen molar-refractivity contribution in [2.75, 3.05) is 13.1 Å². The lowest BCUT2D eigenvalue weighted by molar-refractivity contribution is -0.137. The molecule has 1 fully saturated rings. The van der Waals surface area contributed by atoms with Crippen LogP contribution in [0, 0.1) is 11.7 Å². The number of hydrogen-bond acceptors (Lipinski definition) is 3. The lowest BCUT2D eigenvalue weighted by Gasteiger charge is -2.36. The van der Waals surface area contributed by atoms with E-state index in [1.807, 2.05) is 0 Å². The van der Waals surface area contributed by atoms with Gasteiger partial charge in [0, 0.05) is 0 Å². The van der Waals surface area contributed by atoms with E-state index < -0.39 is 37.0 Å². The normalized spacial score (nSPS) is 17.4. The molecule has 0 aromatic heterocycles. The van der Waals surface area contributed by atoms with Crippen LogP contribution in [-0.4, -0.2) is 26.3 Å². The Labute approximate surface area is 145 Å². The van der Waals surface area contributed by atoms with Crippen molar-refractivity contribution in [1.29, 1.82) is 0 Å². The van der Waals surface area contributed by atoms with Gasteiger partial charge >= 0.3 is 6.18 Å². The molecule has 1 aromatic carbocycles. The summed E-state index contributed by atoms with van der Waals surface area (Å²) in [6.07, 6.45) is -3.59. The van der Waals surface area contributed by atoms with Crippen molar-refractivity contribution in [3.63, 3.8) is 0 Å². The summed E-state index contributed by atoms with van der Waals surface area (Å²) in [6.45, 7) is 4.30. The van der Waals surface area contributed by atoms with Crippen LogP contribution < -0.4 is 5.32 Å². The van der Waals surface area contributed by atoms with Crippen molar-refractivity contribution in [3.05, 3.63) is 29.6 Å². The Hall–Kier alpha value is -0.860. The molecule has 1 aliphatic heterocycles. The van der Waals surface area contributed by atoms with Gasteiger partial charge in [0.2, 0.25) is 0 Å². The number of hydrogen-bond donors (Lipinski definition) is 1. The molecule has 1 heterocycles. The van der Waals surface area contributed by atoms with Gasteiger partial charge in [-0.1, -0.05) is 0 Å². The average Bonchev–Trinajstić information content (AvgIpc) is 2.46. The molecule has 3 nitrogen and oxygen atoms in total. The van der Waals surface area contributed by atoms with Gasteiger partial charge in [0.15, 0.2) is 9.84 Å². The molecular formula is C15H20ClF4NO2S. The summed E-state index contributed by atoms with van der Waals surface area (Å²) in [5, 5.41) is 3.11. The van der Waals surface area contributed by atoms with E-state index in [1.54, 1.807) is 0 Å². The maximum Gasteiger partial charge on any atom is 0.416 e. The minimum Gasteiger partial charge on any atom is -0.317 e. The van der Waals surface area contributed by atoms with E-state index in [9.17, 15) is 26.0 Å². The van der Waals surface area contributed by atoms with Crippen LogP contribution in [0.5, 0.6) is 0 Å². The molecule has 0 saturated carbocycles. The van der Waals surface area contributed by atoms with Crippen molar-refractivity contribution in [3.8, 4) is 0 Å². The van der Waals surface area contributed by atoms with Crippen LogP contribution in [0.25, 0.3) is 0 Å². The smallest absolute Gasteiger partial charge is 0.317 e. The fraction of sp³-hybridized carbons (Fsp3) is 0.600. The molecule has 138 valence electrons. The van der Waals surface area contributed by atoms with Gasteiger partial charge in [0.1, 0.15) is 5.82 Å². The van der Waals surface area contributed by atoms with Gasteiger partial charge in [-0.2, -0.15) is 13.2 Å². The summed E-state index contributed by atoms with van der Waals surface area (Å²) >= 11 is 0. The number of piperidine rings is 1. The Balaban J connectivity index is 0.00000288. The second-order valence-corrected chi connectivity index (χ2v) is 8.84. The van der Waals surface area contributed by atoms with E-state index in [2.05, 4.69) is 5.32 Å². The fourth-order valence-corrected chi connectivity index (χ4v) is 4.75. The first-order valence-corrected chi connectivity index (χ1v) is 8.78. The van der Waals surface area contributed by atoms with E-state index in [4.69, 9.17) is 0 Å². The molecule has 0 radical (unpaired) electrons. The molecule has 2 rings (SSSR count). The van der Waals surface area contributed by atoms with Crippen LogP contribution >= 0.6 is 12.4 Å². The van der Waals surface area contributed by atoms with E-state index in [-0.39, 0.29) is 18.3 Å². The van der Waals surface area contributed by atoms with Gasteiger partial charge in [0.05, 0.1) is 15.2 Å².